The number of likely N-dealkylation sites (tertiary alicyclic amines) is 1. The van der Waals surface area contributed by atoms with Crippen molar-refractivity contribution in [2.75, 3.05) is 19.6 Å². The summed E-state index contributed by atoms with van der Waals surface area (Å²) in [5.74, 6) is 1.16. The van der Waals surface area contributed by atoms with Crippen molar-refractivity contribution in [3.63, 3.8) is 0 Å². The molecule has 1 heterocycles. The van der Waals surface area contributed by atoms with Crippen LogP contribution in [0, 0.1) is 0 Å². The molecule has 2 amide bonds. The molecule has 3 rings (SSSR count). The number of carbonyl (C=O) groups excluding carboxylic acids is 2. The molecule has 0 aromatic heterocycles. The van der Waals surface area contributed by atoms with Gasteiger partial charge in [0.25, 0.3) is 0 Å². The molecule has 228 valence electrons. The molecule has 0 radical (unpaired) electrons. The zero-order chi connectivity index (χ0) is 30.2. The van der Waals surface area contributed by atoms with Gasteiger partial charge in [-0.15, -0.1) is 0 Å². The van der Waals surface area contributed by atoms with Gasteiger partial charge in [0.15, 0.2) is 5.96 Å². The molecule has 0 saturated carbocycles. The van der Waals surface area contributed by atoms with Crippen molar-refractivity contribution in [2.24, 2.45) is 27.2 Å². The highest BCUT2D eigenvalue weighted by Gasteiger charge is 2.36. The van der Waals surface area contributed by atoms with Crippen LogP contribution in [-0.2, 0) is 21.9 Å². The lowest BCUT2D eigenvalue weighted by molar-refractivity contribution is -0.139. The molecule has 1 aliphatic rings. The first kappa shape index (κ1) is 32.9. The van der Waals surface area contributed by atoms with E-state index in [4.69, 9.17) is 17.2 Å². The number of nitrogens with two attached hydrogens (primary N) is 3. The first-order valence-electron chi connectivity index (χ1n) is 14.8. The molecule has 1 saturated heterocycles. The number of benzene rings is 2. The highest BCUT2D eigenvalue weighted by molar-refractivity contribution is 7.96. The summed E-state index contributed by atoms with van der Waals surface area (Å²) in [6.07, 6.45) is 5.70. The van der Waals surface area contributed by atoms with Gasteiger partial charge in [0.2, 0.25) is 11.8 Å². The second kappa shape index (κ2) is 18.1. The van der Waals surface area contributed by atoms with E-state index in [2.05, 4.69) is 39.1 Å². The summed E-state index contributed by atoms with van der Waals surface area (Å²) in [5.41, 5.74) is 20.0. The van der Waals surface area contributed by atoms with Gasteiger partial charge >= 0.3 is 0 Å². The van der Waals surface area contributed by atoms with Gasteiger partial charge in [0, 0.05) is 37.5 Å². The molecular formula is C31H46N8O2S. The van der Waals surface area contributed by atoms with Gasteiger partial charge in [-0.2, -0.15) is 0 Å². The maximum absolute atomic E-state index is 13.7. The molecule has 42 heavy (non-hydrogen) atoms. The Morgan fingerprint density at radius 1 is 0.976 bits per heavy atom. The second-order valence-electron chi connectivity index (χ2n) is 10.5. The lowest BCUT2D eigenvalue weighted by Crippen LogP contribution is -2.51. The minimum Gasteiger partial charge on any atom is -0.384 e. The lowest BCUT2D eigenvalue weighted by atomic mass is 10.1. The van der Waals surface area contributed by atoms with Gasteiger partial charge in [-0.05, 0) is 49.7 Å². The van der Waals surface area contributed by atoms with E-state index in [1.807, 2.05) is 42.5 Å². The smallest absolute Gasteiger partial charge is 0.243 e. The normalized spacial score (nSPS) is 15.8. The summed E-state index contributed by atoms with van der Waals surface area (Å²) < 4.78 is 3.38. The Morgan fingerprint density at radius 2 is 1.71 bits per heavy atom. The molecule has 10 nitrogen and oxygen atoms in total. The van der Waals surface area contributed by atoms with Crippen molar-refractivity contribution in [3.05, 3.63) is 71.3 Å². The molecule has 0 bridgehead atoms. The minimum atomic E-state index is -0.483. The molecule has 1 aliphatic heterocycles. The summed E-state index contributed by atoms with van der Waals surface area (Å²) in [6.45, 7) is 4.31. The third-order valence-corrected chi connectivity index (χ3v) is 8.08. The van der Waals surface area contributed by atoms with E-state index in [0.29, 0.717) is 38.3 Å². The molecular weight excluding hydrogens is 548 g/mol. The highest BCUT2D eigenvalue weighted by Crippen LogP contribution is 2.22. The van der Waals surface area contributed by atoms with Crippen molar-refractivity contribution in [3.8, 4) is 0 Å². The Labute approximate surface area is 254 Å². The van der Waals surface area contributed by atoms with Crippen LogP contribution in [-0.4, -0.2) is 60.2 Å². The molecule has 1 fully saturated rings. The summed E-state index contributed by atoms with van der Waals surface area (Å²) in [5, 5.41) is 3.03. The average molecular weight is 595 g/mol. The summed E-state index contributed by atoms with van der Waals surface area (Å²) >= 11 is 1.51. The average Bonchev–Trinajstić information content (AvgIpc) is 3.49. The summed E-state index contributed by atoms with van der Waals surface area (Å²) in [6, 6.07) is 17.0. The lowest BCUT2D eigenvalue weighted by Gasteiger charge is -2.28. The summed E-state index contributed by atoms with van der Waals surface area (Å²) in [4.78, 5) is 37.1. The first-order valence-corrected chi connectivity index (χ1v) is 15.8. The zero-order valence-corrected chi connectivity index (χ0v) is 25.5. The Balaban J connectivity index is 1.56. The predicted molar refractivity (Wildman–Crippen MR) is 173 cm³/mol. The van der Waals surface area contributed by atoms with Crippen molar-refractivity contribution >= 4 is 35.6 Å². The van der Waals surface area contributed by atoms with Crippen molar-refractivity contribution in [2.45, 2.75) is 76.3 Å². The van der Waals surface area contributed by atoms with Crippen LogP contribution in [0.15, 0.2) is 64.6 Å². The van der Waals surface area contributed by atoms with E-state index < -0.39 is 12.1 Å². The molecule has 0 aliphatic carbocycles. The van der Waals surface area contributed by atoms with Gasteiger partial charge in [-0.3, -0.25) is 24.3 Å². The number of aliphatic imine (C=N–C) groups is 2. The Bertz CT molecular complexity index is 1170. The maximum Gasteiger partial charge on any atom is 0.243 e. The van der Waals surface area contributed by atoms with Crippen LogP contribution < -0.4 is 27.2 Å². The van der Waals surface area contributed by atoms with Gasteiger partial charge in [-0.1, -0.05) is 79.9 Å². The Hall–Kier alpha value is -3.57. The molecule has 2 unspecified atom stereocenters. The van der Waals surface area contributed by atoms with E-state index in [0.717, 1.165) is 55.5 Å². The van der Waals surface area contributed by atoms with E-state index in [-0.39, 0.29) is 17.8 Å². The van der Waals surface area contributed by atoms with Gasteiger partial charge < -0.3 is 27.4 Å². The molecule has 0 spiro atoms. The van der Waals surface area contributed by atoms with Gasteiger partial charge in [0.1, 0.15) is 11.9 Å². The van der Waals surface area contributed by atoms with E-state index in [1.54, 1.807) is 4.90 Å². The predicted octanol–water partition coefficient (Wildman–Crippen LogP) is 3.05. The minimum absolute atomic E-state index is 0.0442. The zero-order valence-electron chi connectivity index (χ0n) is 24.6. The fourth-order valence-corrected chi connectivity index (χ4v) is 5.62. The SMILES string of the molecule is CCCCN=C(N)c1ccc(CNC(=O)C2CCCN2C(=O)C(CCCCN=C(N)N)NSCc2ccccc2)cc1. The maximum atomic E-state index is 13.7. The van der Waals surface area contributed by atoms with Gasteiger partial charge in [0.05, 0.1) is 6.04 Å². The van der Waals surface area contributed by atoms with Crippen LogP contribution in [0.25, 0.3) is 0 Å². The number of carbonyl (C=O) groups is 2. The molecule has 2 aromatic rings. The molecule has 2 aromatic carbocycles. The number of nitrogens with zero attached hydrogens (tertiary/aromatic N) is 3. The number of unbranched alkanes of at least 4 members (excludes halogenated alkanes) is 2. The number of nitrogens with one attached hydrogen (secondary N) is 2. The number of amides is 2. The Morgan fingerprint density at radius 3 is 2.43 bits per heavy atom. The van der Waals surface area contributed by atoms with Crippen LogP contribution in [0.5, 0.6) is 0 Å². The molecule has 11 heteroatoms. The van der Waals surface area contributed by atoms with Crippen molar-refractivity contribution in [1.82, 2.24) is 14.9 Å². The van der Waals surface area contributed by atoms with Crippen molar-refractivity contribution < 1.29 is 9.59 Å². The number of guanidine groups is 1. The molecule has 2 atom stereocenters. The first-order chi connectivity index (χ1) is 20.4. The standard InChI is InChI=1S/C31H46N8O2S/c1-2-3-18-35-28(32)25-16-14-23(15-17-25)21-37-29(40)27-13-9-20-39(27)30(41)26(12-7-8-19-36-31(33)34)38-42-22-24-10-5-4-6-11-24/h4-6,10-11,14-17,26-27,38H,2-3,7-9,12-13,18-22H2,1H3,(H2,32,35)(H,37,40)(H4,33,34,36). The monoisotopic (exact) mass is 594 g/mol. The fourth-order valence-electron chi connectivity index (χ4n) is 4.75. The van der Waals surface area contributed by atoms with Crippen molar-refractivity contribution in [1.29, 1.82) is 0 Å². The summed E-state index contributed by atoms with van der Waals surface area (Å²) in [7, 11) is 0. The third kappa shape index (κ3) is 11.0. The fraction of sp³-hybridized carbons (Fsp3) is 0.484. The van der Waals surface area contributed by atoms with Crippen LogP contribution in [0.2, 0.25) is 0 Å². The second-order valence-corrected chi connectivity index (χ2v) is 11.3. The van der Waals surface area contributed by atoms with Crippen LogP contribution in [0.1, 0.15) is 68.6 Å². The third-order valence-electron chi connectivity index (χ3n) is 7.15. The van der Waals surface area contributed by atoms with E-state index in [1.165, 1.54) is 17.5 Å². The largest absolute Gasteiger partial charge is 0.384 e. The number of amidine groups is 1. The highest BCUT2D eigenvalue weighted by atomic mass is 32.2. The van der Waals surface area contributed by atoms with E-state index >= 15 is 0 Å². The molecule has 8 N–H and O–H groups in total. The van der Waals surface area contributed by atoms with Crippen LogP contribution in [0.4, 0.5) is 0 Å². The van der Waals surface area contributed by atoms with Crippen LogP contribution >= 0.6 is 11.9 Å². The number of hydrogen-bond acceptors (Lipinski definition) is 6. The quantitative estimate of drug-likeness (QED) is 0.0813. The van der Waals surface area contributed by atoms with E-state index in [9.17, 15) is 9.59 Å². The number of rotatable bonds is 17. The number of hydrogen-bond donors (Lipinski definition) is 5. The van der Waals surface area contributed by atoms with Crippen LogP contribution in [0.3, 0.4) is 0 Å². The Kier molecular flexibility index (Phi) is 14.2. The van der Waals surface area contributed by atoms with Gasteiger partial charge in [-0.25, -0.2) is 0 Å². The topological polar surface area (TPSA) is 164 Å².